The summed E-state index contributed by atoms with van der Waals surface area (Å²) in [5, 5.41) is 5.40. The molecule has 0 aliphatic rings. The van der Waals surface area contributed by atoms with Gasteiger partial charge >= 0.3 is 0 Å². The highest BCUT2D eigenvalue weighted by Gasteiger charge is 2.09. The van der Waals surface area contributed by atoms with Crippen LogP contribution in [0.15, 0.2) is 4.99 Å². The molecule has 0 bridgehead atoms. The Morgan fingerprint density at radius 2 is 2.24 bits per heavy atom. The van der Waals surface area contributed by atoms with Crippen LogP contribution in [0.5, 0.6) is 0 Å². The fourth-order valence-electron chi connectivity index (χ4n) is 1.16. The molecule has 1 amide bonds. The van der Waals surface area contributed by atoms with Gasteiger partial charge in [0.05, 0.1) is 12.6 Å². The maximum absolute atomic E-state index is 11.1. The first-order chi connectivity index (χ1) is 8.11. The fraction of sp³-hybridized carbons (Fsp3) is 0.800. The van der Waals surface area contributed by atoms with Gasteiger partial charge < -0.3 is 26.8 Å². The summed E-state index contributed by atoms with van der Waals surface area (Å²) < 4.78 is 4.85. The number of nitrogens with one attached hydrogen (secondary N) is 2. The Balaban J connectivity index is 3.61. The molecule has 0 fully saturated rings. The lowest BCUT2D eigenvalue weighted by molar-refractivity contribution is -0.122. The number of ether oxygens (including phenoxy) is 1. The summed E-state index contributed by atoms with van der Waals surface area (Å²) in [4.78, 5) is 15.2. The van der Waals surface area contributed by atoms with Crippen molar-refractivity contribution in [2.45, 2.75) is 18.9 Å². The van der Waals surface area contributed by atoms with Crippen LogP contribution in [0.4, 0.5) is 0 Å². The topological polar surface area (TPSA) is 115 Å². The lowest BCUT2D eigenvalue weighted by Crippen LogP contribution is -2.38. The van der Waals surface area contributed by atoms with Gasteiger partial charge in [-0.1, -0.05) is 0 Å². The average molecular weight is 245 g/mol. The minimum absolute atomic E-state index is 0.153. The Bertz CT molecular complexity index is 245. The van der Waals surface area contributed by atoms with Gasteiger partial charge in [-0.2, -0.15) is 0 Å². The van der Waals surface area contributed by atoms with E-state index in [0.717, 1.165) is 6.42 Å². The number of nitrogens with zero attached hydrogens (tertiary/aromatic N) is 1. The van der Waals surface area contributed by atoms with Gasteiger partial charge in [-0.25, -0.2) is 0 Å². The number of likely N-dealkylation sites (N-methyl/N-ethyl adjacent to an activating group) is 1. The highest BCUT2D eigenvalue weighted by molar-refractivity contribution is 5.81. The van der Waals surface area contributed by atoms with Crippen LogP contribution in [0.25, 0.3) is 0 Å². The Morgan fingerprint density at radius 3 is 2.82 bits per heavy atom. The summed E-state index contributed by atoms with van der Waals surface area (Å²) in [6.07, 6.45) is 1.32. The van der Waals surface area contributed by atoms with Crippen LogP contribution in [0, 0.1) is 0 Å². The molecule has 7 heteroatoms. The zero-order valence-corrected chi connectivity index (χ0v) is 10.5. The molecule has 100 valence electrons. The molecule has 0 radical (unpaired) electrons. The van der Waals surface area contributed by atoms with E-state index in [1.807, 2.05) is 0 Å². The van der Waals surface area contributed by atoms with Crippen LogP contribution in [0.1, 0.15) is 12.8 Å². The first-order valence-electron chi connectivity index (χ1n) is 5.61. The SMILES string of the molecule is CNC(=O)[C@@H](N)CCCN=C(N)NCCOC. The first kappa shape index (κ1) is 15.7. The molecule has 0 aliphatic carbocycles. The normalized spacial score (nSPS) is 13.2. The van der Waals surface area contributed by atoms with Crippen LogP contribution in [-0.2, 0) is 9.53 Å². The predicted octanol–water partition coefficient (Wildman–Crippen LogP) is -1.61. The smallest absolute Gasteiger partial charge is 0.236 e. The summed E-state index contributed by atoms with van der Waals surface area (Å²) in [7, 11) is 3.19. The van der Waals surface area contributed by atoms with E-state index in [-0.39, 0.29) is 5.91 Å². The van der Waals surface area contributed by atoms with Crippen molar-refractivity contribution >= 4 is 11.9 Å². The van der Waals surface area contributed by atoms with Crippen molar-refractivity contribution in [2.75, 3.05) is 33.9 Å². The Morgan fingerprint density at radius 1 is 1.53 bits per heavy atom. The lowest BCUT2D eigenvalue weighted by Gasteiger charge is -2.08. The van der Waals surface area contributed by atoms with Gasteiger partial charge in [0.2, 0.25) is 5.91 Å². The van der Waals surface area contributed by atoms with E-state index in [0.29, 0.717) is 32.1 Å². The summed E-state index contributed by atoms with van der Waals surface area (Å²) >= 11 is 0. The molecule has 17 heavy (non-hydrogen) atoms. The number of carbonyl (C=O) groups excluding carboxylic acids is 1. The molecule has 0 aliphatic heterocycles. The van der Waals surface area contributed by atoms with Crippen molar-refractivity contribution in [3.05, 3.63) is 0 Å². The number of nitrogens with two attached hydrogens (primary N) is 2. The van der Waals surface area contributed by atoms with E-state index in [1.54, 1.807) is 14.2 Å². The molecule has 1 atom stereocenters. The lowest BCUT2D eigenvalue weighted by atomic mass is 10.1. The zero-order chi connectivity index (χ0) is 13.1. The quantitative estimate of drug-likeness (QED) is 0.233. The molecule has 0 aromatic carbocycles. The average Bonchev–Trinajstić information content (AvgIpc) is 2.33. The highest BCUT2D eigenvalue weighted by atomic mass is 16.5. The number of guanidine groups is 1. The van der Waals surface area contributed by atoms with Crippen molar-refractivity contribution in [3.8, 4) is 0 Å². The minimum atomic E-state index is -0.474. The van der Waals surface area contributed by atoms with Gasteiger partial charge in [0.25, 0.3) is 0 Å². The van der Waals surface area contributed by atoms with Crippen molar-refractivity contribution < 1.29 is 9.53 Å². The minimum Gasteiger partial charge on any atom is -0.383 e. The molecule has 0 saturated heterocycles. The Hall–Kier alpha value is -1.34. The molecular formula is C10H23N5O2. The summed E-state index contributed by atoms with van der Waals surface area (Å²) in [5.41, 5.74) is 11.2. The van der Waals surface area contributed by atoms with E-state index in [9.17, 15) is 4.79 Å². The Labute approximate surface area is 102 Å². The third-order valence-electron chi connectivity index (χ3n) is 2.15. The van der Waals surface area contributed by atoms with Gasteiger partial charge in [0, 0.05) is 27.2 Å². The molecule has 0 aromatic heterocycles. The number of methoxy groups -OCH3 is 1. The zero-order valence-electron chi connectivity index (χ0n) is 10.5. The van der Waals surface area contributed by atoms with Gasteiger partial charge in [0.1, 0.15) is 0 Å². The number of hydrogen-bond donors (Lipinski definition) is 4. The molecule has 0 rings (SSSR count). The summed E-state index contributed by atoms with van der Waals surface area (Å²) in [6, 6.07) is -0.474. The van der Waals surface area contributed by atoms with Gasteiger partial charge in [-0.15, -0.1) is 0 Å². The van der Waals surface area contributed by atoms with Crippen molar-refractivity contribution in [3.63, 3.8) is 0 Å². The van der Waals surface area contributed by atoms with E-state index in [2.05, 4.69) is 15.6 Å². The summed E-state index contributed by atoms with van der Waals surface area (Å²) in [6.45, 7) is 1.76. The molecule has 7 nitrogen and oxygen atoms in total. The van der Waals surface area contributed by atoms with E-state index in [4.69, 9.17) is 16.2 Å². The Kier molecular flexibility index (Phi) is 9.08. The molecule has 0 spiro atoms. The van der Waals surface area contributed by atoms with Crippen LogP contribution in [0.3, 0.4) is 0 Å². The fourth-order valence-corrected chi connectivity index (χ4v) is 1.16. The first-order valence-corrected chi connectivity index (χ1v) is 5.61. The number of aliphatic imine (C=N–C) groups is 1. The standard InChI is InChI=1S/C10H23N5O2/c1-13-9(16)8(11)4-3-5-14-10(12)15-6-7-17-2/h8H,3-7,11H2,1-2H3,(H,13,16)(H3,12,14,15)/t8-/m0/s1. The molecular weight excluding hydrogens is 222 g/mol. The third-order valence-corrected chi connectivity index (χ3v) is 2.15. The van der Waals surface area contributed by atoms with Crippen molar-refractivity contribution in [1.29, 1.82) is 0 Å². The van der Waals surface area contributed by atoms with Gasteiger partial charge in [-0.3, -0.25) is 9.79 Å². The van der Waals surface area contributed by atoms with Crippen LogP contribution >= 0.6 is 0 Å². The molecule has 0 unspecified atom stereocenters. The molecule has 0 saturated carbocycles. The van der Waals surface area contributed by atoms with Gasteiger partial charge in [-0.05, 0) is 12.8 Å². The van der Waals surface area contributed by atoms with Crippen LogP contribution in [-0.4, -0.2) is 51.8 Å². The van der Waals surface area contributed by atoms with Gasteiger partial charge in [0.15, 0.2) is 5.96 Å². The van der Waals surface area contributed by atoms with Crippen LogP contribution < -0.4 is 22.1 Å². The number of amides is 1. The predicted molar refractivity (Wildman–Crippen MR) is 67.6 cm³/mol. The van der Waals surface area contributed by atoms with E-state index in [1.165, 1.54) is 0 Å². The van der Waals surface area contributed by atoms with Crippen LogP contribution in [0.2, 0.25) is 0 Å². The maximum Gasteiger partial charge on any atom is 0.236 e. The largest absolute Gasteiger partial charge is 0.383 e. The second-order valence-electron chi connectivity index (χ2n) is 3.55. The number of hydrogen-bond acceptors (Lipinski definition) is 4. The molecule has 0 aromatic rings. The molecule has 6 N–H and O–H groups in total. The second-order valence-corrected chi connectivity index (χ2v) is 3.55. The monoisotopic (exact) mass is 245 g/mol. The third kappa shape index (κ3) is 8.47. The van der Waals surface area contributed by atoms with E-state index >= 15 is 0 Å². The number of rotatable bonds is 8. The number of carbonyl (C=O) groups is 1. The second kappa shape index (κ2) is 9.86. The van der Waals surface area contributed by atoms with Crippen molar-refractivity contribution in [2.24, 2.45) is 16.5 Å². The summed E-state index contributed by atoms with van der Waals surface area (Å²) in [5.74, 6) is 0.232. The maximum atomic E-state index is 11.1. The highest BCUT2D eigenvalue weighted by Crippen LogP contribution is 1.94. The van der Waals surface area contributed by atoms with E-state index < -0.39 is 6.04 Å². The molecule has 0 heterocycles. The van der Waals surface area contributed by atoms with Crippen molar-refractivity contribution in [1.82, 2.24) is 10.6 Å².